The predicted octanol–water partition coefficient (Wildman–Crippen LogP) is 2.93. The fourth-order valence-electron chi connectivity index (χ4n) is 1.50. The Bertz CT molecular complexity index is 691. The maximum absolute atomic E-state index is 13.4. The lowest BCUT2D eigenvalue weighted by Crippen LogP contribution is -2.15. The van der Waals surface area contributed by atoms with Crippen molar-refractivity contribution in [3.8, 4) is 0 Å². The van der Waals surface area contributed by atoms with Gasteiger partial charge in [0.15, 0.2) is 0 Å². The normalized spacial score (nSPS) is 10.1. The summed E-state index contributed by atoms with van der Waals surface area (Å²) >= 11 is 3.18. The third-order valence-corrected chi connectivity index (χ3v) is 3.16. The molecular formula is C13H8BrFN2O3. The Morgan fingerprint density at radius 3 is 2.70 bits per heavy atom. The first kappa shape index (κ1) is 14.1. The Hall–Kier alpha value is -2.28. The number of aromatic nitrogens is 1. The monoisotopic (exact) mass is 338 g/mol. The van der Waals surface area contributed by atoms with Crippen molar-refractivity contribution in [1.82, 2.24) is 4.98 Å². The highest BCUT2D eigenvalue weighted by atomic mass is 79.9. The molecule has 0 unspecified atom stereocenters. The number of anilines is 1. The van der Waals surface area contributed by atoms with Gasteiger partial charge in [-0.05, 0) is 46.3 Å². The number of rotatable bonds is 3. The lowest BCUT2D eigenvalue weighted by atomic mass is 10.2. The number of carbonyl (C=O) groups excluding carboxylic acids is 1. The molecule has 0 saturated heterocycles. The average molecular weight is 339 g/mol. The second-order valence-electron chi connectivity index (χ2n) is 3.80. The number of benzene rings is 1. The van der Waals surface area contributed by atoms with Crippen LogP contribution in [0.2, 0.25) is 0 Å². The van der Waals surface area contributed by atoms with Crippen LogP contribution < -0.4 is 5.32 Å². The number of nitrogens with one attached hydrogen (secondary N) is 1. The van der Waals surface area contributed by atoms with E-state index in [0.29, 0.717) is 4.47 Å². The van der Waals surface area contributed by atoms with Crippen LogP contribution in [0, 0.1) is 5.95 Å². The summed E-state index contributed by atoms with van der Waals surface area (Å²) in [6.45, 7) is 0. The Morgan fingerprint density at radius 1 is 1.30 bits per heavy atom. The minimum Gasteiger partial charge on any atom is -0.478 e. The summed E-state index contributed by atoms with van der Waals surface area (Å²) in [5.41, 5.74) is 0.0217. The number of halogens is 2. The minimum absolute atomic E-state index is 0.00941. The molecule has 102 valence electrons. The maximum Gasteiger partial charge on any atom is 0.335 e. The molecule has 0 aliphatic heterocycles. The van der Waals surface area contributed by atoms with Crippen molar-refractivity contribution in [3.63, 3.8) is 0 Å². The first-order valence-corrected chi connectivity index (χ1v) is 6.23. The van der Waals surface area contributed by atoms with Crippen molar-refractivity contribution in [3.05, 3.63) is 58.1 Å². The molecule has 0 fully saturated rings. The molecule has 0 atom stereocenters. The van der Waals surface area contributed by atoms with Crippen LogP contribution in [0.15, 0.2) is 41.0 Å². The molecule has 1 aromatic heterocycles. The molecule has 1 amide bonds. The van der Waals surface area contributed by atoms with E-state index in [1.165, 1.54) is 36.5 Å². The summed E-state index contributed by atoms with van der Waals surface area (Å²) in [6, 6.07) is 6.86. The molecule has 0 radical (unpaired) electrons. The lowest BCUT2D eigenvalue weighted by molar-refractivity contribution is 0.0696. The van der Waals surface area contributed by atoms with Crippen molar-refractivity contribution in [2.75, 3.05) is 5.32 Å². The molecular weight excluding hydrogens is 331 g/mol. The van der Waals surface area contributed by atoms with Crippen LogP contribution in [-0.4, -0.2) is 22.0 Å². The van der Waals surface area contributed by atoms with Crippen molar-refractivity contribution in [2.24, 2.45) is 0 Å². The number of hydrogen-bond acceptors (Lipinski definition) is 3. The molecule has 1 aromatic carbocycles. The first-order chi connectivity index (χ1) is 9.49. The van der Waals surface area contributed by atoms with Crippen molar-refractivity contribution in [1.29, 1.82) is 0 Å². The molecule has 2 aromatic rings. The number of hydrogen-bond donors (Lipinski definition) is 2. The van der Waals surface area contributed by atoms with Crippen LogP contribution in [0.1, 0.15) is 20.7 Å². The summed E-state index contributed by atoms with van der Waals surface area (Å²) in [5, 5.41) is 11.3. The molecule has 0 aliphatic carbocycles. The zero-order chi connectivity index (χ0) is 14.7. The molecule has 0 aliphatic rings. The van der Waals surface area contributed by atoms with E-state index in [1.807, 2.05) is 0 Å². The summed E-state index contributed by atoms with van der Waals surface area (Å²) in [4.78, 5) is 26.2. The van der Waals surface area contributed by atoms with Gasteiger partial charge in [-0.2, -0.15) is 4.39 Å². The van der Waals surface area contributed by atoms with E-state index in [9.17, 15) is 14.0 Å². The molecule has 1 heterocycles. The Balaban J connectivity index is 2.30. The van der Waals surface area contributed by atoms with Crippen molar-refractivity contribution >= 4 is 33.5 Å². The van der Waals surface area contributed by atoms with Gasteiger partial charge >= 0.3 is 5.97 Å². The fraction of sp³-hybridized carbons (Fsp3) is 0. The number of carboxylic acid groups (broad SMARTS) is 1. The third kappa shape index (κ3) is 3.00. The summed E-state index contributed by atoms with van der Waals surface area (Å²) in [7, 11) is 0. The molecule has 20 heavy (non-hydrogen) atoms. The fourth-order valence-corrected chi connectivity index (χ4v) is 1.84. The van der Waals surface area contributed by atoms with Gasteiger partial charge in [0.2, 0.25) is 5.95 Å². The van der Waals surface area contributed by atoms with Crippen LogP contribution in [0.5, 0.6) is 0 Å². The first-order valence-electron chi connectivity index (χ1n) is 5.44. The Labute approximate surface area is 121 Å². The molecule has 0 spiro atoms. The maximum atomic E-state index is 13.4. The van der Waals surface area contributed by atoms with Crippen molar-refractivity contribution < 1.29 is 19.1 Å². The average Bonchev–Trinajstić information content (AvgIpc) is 2.41. The van der Waals surface area contributed by atoms with Gasteiger partial charge < -0.3 is 10.4 Å². The number of carbonyl (C=O) groups is 2. The molecule has 7 heteroatoms. The van der Waals surface area contributed by atoms with E-state index in [1.54, 1.807) is 0 Å². The van der Waals surface area contributed by atoms with Crippen LogP contribution in [0.25, 0.3) is 0 Å². The summed E-state index contributed by atoms with van der Waals surface area (Å²) in [5.74, 6) is -2.73. The van der Waals surface area contributed by atoms with E-state index >= 15 is 0 Å². The van der Waals surface area contributed by atoms with E-state index in [2.05, 4.69) is 26.2 Å². The number of aromatic carboxylic acids is 1. The van der Waals surface area contributed by atoms with Gasteiger partial charge in [0.25, 0.3) is 5.91 Å². The van der Waals surface area contributed by atoms with Gasteiger partial charge in [-0.25, -0.2) is 9.78 Å². The number of nitrogens with zero attached hydrogens (tertiary/aromatic N) is 1. The smallest absolute Gasteiger partial charge is 0.335 e. The standard InChI is InChI=1S/C13H8BrFN2O3/c14-9-4-3-7(13(19)20)6-10(9)17-12(18)8-2-1-5-16-11(8)15/h1-6H,(H,17,18)(H,19,20). The second kappa shape index (κ2) is 5.79. The van der Waals surface area contributed by atoms with Gasteiger partial charge in [0.05, 0.1) is 16.8 Å². The number of amides is 1. The Morgan fingerprint density at radius 2 is 2.05 bits per heavy atom. The predicted molar refractivity (Wildman–Crippen MR) is 73.2 cm³/mol. The molecule has 2 rings (SSSR count). The van der Waals surface area contributed by atoms with Gasteiger partial charge in [-0.3, -0.25) is 4.79 Å². The number of pyridine rings is 1. The highest BCUT2D eigenvalue weighted by Crippen LogP contribution is 2.24. The summed E-state index contributed by atoms with van der Waals surface area (Å²) in [6.07, 6.45) is 1.23. The molecule has 2 N–H and O–H groups in total. The van der Waals surface area contributed by atoms with Crippen molar-refractivity contribution in [2.45, 2.75) is 0 Å². The second-order valence-corrected chi connectivity index (χ2v) is 4.65. The SMILES string of the molecule is O=C(O)c1ccc(Br)c(NC(=O)c2cccnc2F)c1. The summed E-state index contributed by atoms with van der Waals surface area (Å²) < 4.78 is 13.9. The van der Waals surface area contributed by atoms with Crippen LogP contribution in [-0.2, 0) is 0 Å². The molecule has 5 nitrogen and oxygen atoms in total. The molecule has 0 bridgehead atoms. The van der Waals surface area contributed by atoms with E-state index < -0.39 is 17.8 Å². The van der Waals surface area contributed by atoms with Crippen LogP contribution in [0.3, 0.4) is 0 Å². The third-order valence-electron chi connectivity index (χ3n) is 2.47. The van der Waals surface area contributed by atoms with Gasteiger partial charge in [-0.1, -0.05) is 0 Å². The number of carboxylic acids is 1. The highest BCUT2D eigenvalue weighted by molar-refractivity contribution is 9.10. The van der Waals surface area contributed by atoms with Gasteiger partial charge in [0.1, 0.15) is 0 Å². The van der Waals surface area contributed by atoms with Gasteiger partial charge in [-0.15, -0.1) is 0 Å². The van der Waals surface area contributed by atoms with Gasteiger partial charge in [0, 0.05) is 10.7 Å². The van der Waals surface area contributed by atoms with E-state index in [0.717, 1.165) is 0 Å². The lowest BCUT2D eigenvalue weighted by Gasteiger charge is -2.08. The topological polar surface area (TPSA) is 79.3 Å². The zero-order valence-electron chi connectivity index (χ0n) is 9.93. The molecule has 0 saturated carbocycles. The van der Waals surface area contributed by atoms with Crippen LogP contribution in [0.4, 0.5) is 10.1 Å². The van der Waals surface area contributed by atoms with Crippen LogP contribution >= 0.6 is 15.9 Å². The largest absolute Gasteiger partial charge is 0.478 e. The quantitative estimate of drug-likeness (QED) is 0.843. The van der Waals surface area contributed by atoms with E-state index in [-0.39, 0.29) is 16.8 Å². The highest BCUT2D eigenvalue weighted by Gasteiger charge is 2.14. The van der Waals surface area contributed by atoms with E-state index in [4.69, 9.17) is 5.11 Å². The zero-order valence-corrected chi connectivity index (χ0v) is 11.5. The Kier molecular flexibility index (Phi) is 4.09. The minimum atomic E-state index is -1.12.